The van der Waals surface area contributed by atoms with Crippen LogP contribution in [0, 0.1) is 22.7 Å². The normalized spacial score (nSPS) is 28.5. The molecule has 2 heterocycles. The molecule has 5 aliphatic rings. The number of likely N-dealkylation sites (tertiary alicyclic amines) is 2. The molecule has 1 aromatic carbocycles. The molecule has 1 N–H and O–H groups in total. The average Bonchev–Trinajstić information content (AvgIpc) is 3.53. The summed E-state index contributed by atoms with van der Waals surface area (Å²) in [6.07, 6.45) is 14.9. The minimum atomic E-state index is -2.48. The highest BCUT2D eigenvalue weighted by molar-refractivity contribution is 7.80. The van der Waals surface area contributed by atoms with Gasteiger partial charge in [0, 0.05) is 19.1 Å². The van der Waals surface area contributed by atoms with Crippen molar-refractivity contribution in [3.05, 3.63) is 29.3 Å². The SMILES string of the molecule is CC.CC12CCC3c4ccc(OC(=O)N5CCC(N6CCCCC6)CC5)cc4CCC3C1CCC2OCCO.CCC(C)(C)C.[B]C(C)(F)C([B])(F)CCCS. The Balaban J connectivity index is 0.000000370. The van der Waals surface area contributed by atoms with Gasteiger partial charge in [-0.2, -0.15) is 12.6 Å². The van der Waals surface area contributed by atoms with Gasteiger partial charge in [-0.15, -0.1) is 0 Å². The molecule has 0 spiro atoms. The minimum absolute atomic E-state index is 0.111. The Morgan fingerprint density at radius 3 is 2.20 bits per heavy atom. The van der Waals surface area contributed by atoms with E-state index < -0.39 is 11.1 Å². The van der Waals surface area contributed by atoms with Gasteiger partial charge in [-0.25, -0.2) is 4.79 Å². The first-order chi connectivity index (χ1) is 26.4. The maximum absolute atomic E-state index is 13.0. The Hall–Kier alpha value is -1.29. The van der Waals surface area contributed by atoms with E-state index in [9.17, 15) is 18.7 Å². The molecule has 316 valence electrons. The molecule has 4 fully saturated rings. The predicted octanol–water partition coefficient (Wildman–Crippen LogP) is 10.2. The van der Waals surface area contributed by atoms with Crippen molar-refractivity contribution in [2.45, 2.75) is 174 Å². The van der Waals surface area contributed by atoms with E-state index in [4.69, 9.17) is 25.2 Å². The van der Waals surface area contributed by atoms with Crippen LogP contribution in [0.3, 0.4) is 0 Å². The number of piperidine rings is 2. The number of ether oxygens (including phenoxy) is 2. The van der Waals surface area contributed by atoms with Gasteiger partial charge in [0.1, 0.15) is 21.4 Å². The standard InChI is InChI=1S/C31H46N2O4.C6H10B2F2S.C6H14.C2H6/c1-31-14-11-26-25-8-6-24(21-22(25)5-7-27(26)28(31)9-10-29(31)36-20-19-34)37-30(35)33-17-12-23(13-18-33)32-15-3-2-4-16-32;1-5(7,9)6(8,10)3-2-4-11;1-5-6(2,3)4;1-2/h6,8,21,23,26-29,34H,2-5,7,9-20H2,1H3;11H,2-4H2,1H3;5H2,1-4H3;1-2H3. The van der Waals surface area contributed by atoms with Gasteiger partial charge in [0.15, 0.2) is 0 Å². The minimum Gasteiger partial charge on any atom is -0.410 e. The summed E-state index contributed by atoms with van der Waals surface area (Å²) in [5.41, 5.74) is -1.28. The summed E-state index contributed by atoms with van der Waals surface area (Å²) in [6.45, 7) is 20.9. The van der Waals surface area contributed by atoms with Gasteiger partial charge in [-0.3, -0.25) is 8.78 Å². The highest BCUT2D eigenvalue weighted by atomic mass is 32.1. The van der Waals surface area contributed by atoms with Gasteiger partial charge in [0.2, 0.25) is 0 Å². The number of halogens is 2. The number of rotatable bonds is 9. The fourth-order valence-corrected chi connectivity index (χ4v) is 9.64. The number of aliphatic hydroxyl groups excluding tert-OH is 1. The first-order valence-electron chi connectivity index (χ1n) is 22.1. The number of fused-ring (bicyclic) bond motifs is 5. The van der Waals surface area contributed by atoms with Crippen molar-refractivity contribution in [3.63, 3.8) is 0 Å². The molecule has 6 rings (SSSR count). The number of hydrogen-bond acceptors (Lipinski definition) is 6. The van der Waals surface area contributed by atoms with E-state index in [1.165, 1.54) is 75.6 Å². The van der Waals surface area contributed by atoms with Crippen molar-refractivity contribution < 1.29 is 28.2 Å². The zero-order chi connectivity index (χ0) is 41.7. The number of aliphatic hydroxyl groups is 1. The Labute approximate surface area is 348 Å². The highest BCUT2D eigenvalue weighted by Gasteiger charge is 2.55. The summed E-state index contributed by atoms with van der Waals surface area (Å²) in [5, 5.41) is 9.25. The quantitative estimate of drug-likeness (QED) is 0.192. The van der Waals surface area contributed by atoms with E-state index >= 15 is 0 Å². The van der Waals surface area contributed by atoms with Crippen LogP contribution >= 0.6 is 12.6 Å². The van der Waals surface area contributed by atoms with Gasteiger partial charge >= 0.3 is 6.09 Å². The third-order valence-corrected chi connectivity index (χ3v) is 13.7. The van der Waals surface area contributed by atoms with Gasteiger partial charge in [0.05, 0.1) is 30.5 Å². The second-order valence-electron chi connectivity index (χ2n) is 18.3. The molecule has 1 aromatic rings. The van der Waals surface area contributed by atoms with Gasteiger partial charge in [0.25, 0.3) is 0 Å². The molecule has 11 heteroatoms. The lowest BCUT2D eigenvalue weighted by atomic mass is 9.55. The molecule has 1 amide bonds. The van der Waals surface area contributed by atoms with Crippen LogP contribution in [0.5, 0.6) is 5.75 Å². The van der Waals surface area contributed by atoms with E-state index in [1.54, 1.807) is 0 Å². The maximum atomic E-state index is 13.0. The number of thiol groups is 1. The Morgan fingerprint density at radius 1 is 0.982 bits per heavy atom. The fourth-order valence-electron chi connectivity index (χ4n) is 9.49. The molecule has 2 saturated heterocycles. The smallest absolute Gasteiger partial charge is 0.410 e. The number of hydrogen-bond donors (Lipinski definition) is 2. The van der Waals surface area contributed by atoms with Crippen molar-refractivity contribution in [2.75, 3.05) is 45.1 Å². The molecule has 6 nitrogen and oxygen atoms in total. The fraction of sp³-hybridized carbons (Fsp3) is 0.844. The summed E-state index contributed by atoms with van der Waals surface area (Å²) >= 11 is 3.84. The van der Waals surface area contributed by atoms with Crippen molar-refractivity contribution in [2.24, 2.45) is 22.7 Å². The molecule has 0 bridgehead atoms. The molecule has 4 radical (unpaired) electrons. The third-order valence-electron chi connectivity index (χ3n) is 13.4. The van der Waals surface area contributed by atoms with Crippen molar-refractivity contribution in [3.8, 4) is 5.75 Å². The van der Waals surface area contributed by atoms with Crippen LogP contribution < -0.4 is 4.74 Å². The van der Waals surface area contributed by atoms with E-state index in [1.807, 2.05) is 24.8 Å². The second kappa shape index (κ2) is 22.4. The molecule has 2 saturated carbocycles. The number of aryl methyl sites for hydroxylation is 1. The Kier molecular flexibility index (Phi) is 19.6. The first kappa shape index (κ1) is 49.1. The highest BCUT2D eigenvalue weighted by Crippen LogP contribution is 2.61. The molecule has 3 aliphatic carbocycles. The molecule has 56 heavy (non-hydrogen) atoms. The average molecular weight is 801 g/mol. The van der Waals surface area contributed by atoms with Crippen LogP contribution in [0.2, 0.25) is 0 Å². The van der Waals surface area contributed by atoms with Crippen LogP contribution in [0.1, 0.15) is 156 Å². The van der Waals surface area contributed by atoms with E-state index in [0.29, 0.717) is 59.8 Å². The molecule has 7 unspecified atom stereocenters. The van der Waals surface area contributed by atoms with Crippen LogP contribution in [-0.4, -0.2) is 105 Å². The number of carbonyl (C=O) groups is 1. The van der Waals surface area contributed by atoms with Crippen molar-refractivity contribution in [1.29, 1.82) is 0 Å². The van der Waals surface area contributed by atoms with E-state index in [0.717, 1.165) is 45.7 Å². The van der Waals surface area contributed by atoms with Gasteiger partial charge in [-0.1, -0.05) is 67.4 Å². The lowest BCUT2D eigenvalue weighted by Gasteiger charge is -2.50. The maximum Gasteiger partial charge on any atom is 0.415 e. The molecule has 0 aromatic heterocycles. The van der Waals surface area contributed by atoms with Gasteiger partial charge in [-0.05, 0) is 155 Å². The second-order valence-corrected chi connectivity index (χ2v) is 18.8. The van der Waals surface area contributed by atoms with E-state index in [-0.39, 0.29) is 24.5 Å². The summed E-state index contributed by atoms with van der Waals surface area (Å²) in [4.78, 5) is 17.5. The third kappa shape index (κ3) is 13.4. The summed E-state index contributed by atoms with van der Waals surface area (Å²) in [6, 6.07) is 7.08. The summed E-state index contributed by atoms with van der Waals surface area (Å²) in [5.74, 6) is 3.20. The number of nitrogens with zero attached hydrogens (tertiary/aromatic N) is 2. The molecular weight excluding hydrogens is 724 g/mol. The number of benzene rings is 1. The molecular formula is C45H76B2F2N2O4S. The molecule has 7 atom stereocenters. The first-order valence-corrected chi connectivity index (χ1v) is 22.7. The van der Waals surface area contributed by atoms with Crippen LogP contribution in [0.25, 0.3) is 0 Å². The monoisotopic (exact) mass is 801 g/mol. The predicted molar refractivity (Wildman–Crippen MR) is 233 cm³/mol. The zero-order valence-corrected chi connectivity index (χ0v) is 37.3. The summed E-state index contributed by atoms with van der Waals surface area (Å²) < 4.78 is 37.8. The van der Waals surface area contributed by atoms with Crippen LogP contribution in [0.15, 0.2) is 18.2 Å². The van der Waals surface area contributed by atoms with Gasteiger partial charge < -0.3 is 24.4 Å². The number of amides is 1. The van der Waals surface area contributed by atoms with Crippen LogP contribution in [0.4, 0.5) is 13.6 Å². The van der Waals surface area contributed by atoms with Crippen LogP contribution in [-0.2, 0) is 11.2 Å². The number of alkyl halides is 2. The zero-order valence-electron chi connectivity index (χ0n) is 36.4. The summed E-state index contributed by atoms with van der Waals surface area (Å²) in [7, 11) is 9.84. The number of carbonyl (C=O) groups excluding carboxylic acids is 1. The Bertz CT molecular complexity index is 1310. The van der Waals surface area contributed by atoms with E-state index in [2.05, 4.69) is 64.3 Å². The Morgan fingerprint density at radius 2 is 1.62 bits per heavy atom. The lowest BCUT2D eigenvalue weighted by molar-refractivity contribution is -0.0710. The van der Waals surface area contributed by atoms with Crippen molar-refractivity contribution in [1.82, 2.24) is 9.80 Å². The molecule has 2 aliphatic heterocycles. The van der Waals surface area contributed by atoms with Crippen molar-refractivity contribution >= 4 is 34.4 Å². The largest absolute Gasteiger partial charge is 0.415 e. The lowest BCUT2D eigenvalue weighted by Crippen LogP contribution is -2.48. The topological polar surface area (TPSA) is 62.2 Å².